The van der Waals surface area contributed by atoms with E-state index in [4.69, 9.17) is 9.72 Å². The summed E-state index contributed by atoms with van der Waals surface area (Å²) < 4.78 is 57.7. The molecule has 0 saturated carbocycles. The minimum absolute atomic E-state index is 0. The van der Waals surface area contributed by atoms with Crippen LogP contribution in [0.25, 0.3) is 72.1 Å². The van der Waals surface area contributed by atoms with Gasteiger partial charge in [0.1, 0.15) is 23.3 Å². The Bertz CT molecular complexity index is 4140. The monoisotopic (exact) mass is 1250 g/mol. The first kappa shape index (κ1) is 54.7. The molecule has 0 bridgehead atoms. The first-order valence-electron chi connectivity index (χ1n) is 27.1. The molecule has 0 fully saturated rings. The summed E-state index contributed by atoms with van der Waals surface area (Å²) in [6, 6.07) is 67.8. The van der Waals surface area contributed by atoms with Crippen LogP contribution < -0.4 is 14.5 Å². The summed E-state index contributed by atoms with van der Waals surface area (Å²) in [5, 5.41) is 2.08. The first-order valence-corrected chi connectivity index (χ1v) is 27.1. The second-order valence-corrected chi connectivity index (χ2v) is 23.9. The van der Waals surface area contributed by atoms with Gasteiger partial charge >= 0.3 is 0 Å². The topological polar surface area (TPSA) is 33.5 Å². The van der Waals surface area contributed by atoms with Crippen LogP contribution in [0, 0.1) is 36.3 Å². The molecule has 2 aromatic heterocycles. The molecule has 408 valence electrons. The Labute approximate surface area is 487 Å². The molecular formula is C72H60F3N4OPt-3. The van der Waals surface area contributed by atoms with Crippen molar-refractivity contribution in [1.82, 2.24) is 9.55 Å². The maximum Gasteiger partial charge on any atom is 0.136 e. The zero-order valence-electron chi connectivity index (χ0n) is 46.7. The molecule has 0 aliphatic carbocycles. The van der Waals surface area contributed by atoms with Gasteiger partial charge in [0.15, 0.2) is 0 Å². The van der Waals surface area contributed by atoms with Crippen LogP contribution >= 0.6 is 0 Å². The SMILES string of the molecule is CC(C)(C)c1cc(-c2cc(-c3ccccc3)cc(-c3c(F)cc(F)cc3F)c2N2[CH-]N(c3[c-]c(Oc4[c-]c5c(cc4)c4ccccc4n5-c4cc(C(C)(C)C)ccn4)cc(-c4ccccc4)c3)c3ccccc32)cc(C(C)(C)C)c1.[Pt]. The van der Waals surface area contributed by atoms with Crippen molar-refractivity contribution >= 4 is 44.6 Å². The van der Waals surface area contributed by atoms with Gasteiger partial charge in [-0.25, -0.2) is 18.2 Å². The second kappa shape index (κ2) is 21.0. The quantitative estimate of drug-likeness (QED) is 0.135. The Morgan fingerprint density at radius 3 is 1.67 bits per heavy atom. The maximum absolute atomic E-state index is 16.8. The number of hydrogen-bond acceptors (Lipinski definition) is 4. The van der Waals surface area contributed by atoms with Gasteiger partial charge in [0.25, 0.3) is 0 Å². The van der Waals surface area contributed by atoms with E-state index in [9.17, 15) is 0 Å². The van der Waals surface area contributed by atoms with E-state index in [2.05, 4.69) is 152 Å². The third-order valence-corrected chi connectivity index (χ3v) is 15.2. The Morgan fingerprint density at radius 2 is 1.04 bits per heavy atom. The van der Waals surface area contributed by atoms with Crippen LogP contribution in [0.5, 0.6) is 11.5 Å². The van der Waals surface area contributed by atoms with Crippen LogP contribution in [0.4, 0.5) is 35.9 Å². The fourth-order valence-corrected chi connectivity index (χ4v) is 10.8. The van der Waals surface area contributed by atoms with Crippen molar-refractivity contribution in [3.05, 3.63) is 247 Å². The van der Waals surface area contributed by atoms with Gasteiger partial charge in [0.2, 0.25) is 0 Å². The van der Waals surface area contributed by atoms with E-state index in [1.165, 1.54) is 0 Å². The molecular weight excluding hydrogens is 1190 g/mol. The number of hydrogen-bond donors (Lipinski definition) is 0. The summed E-state index contributed by atoms with van der Waals surface area (Å²) in [5.74, 6) is -1.33. The average molecular weight is 1250 g/mol. The summed E-state index contributed by atoms with van der Waals surface area (Å²) in [6.45, 7) is 21.7. The standard InChI is InChI=1S/C72H60F3N4O.Pt/c1-70(2,3)50-30-31-76-67(39-50)79-63-25-17-16-24-57(63)58-29-28-55(43-66(58)79)80-56-35-47(45-20-12-10-13-21-45)34-54(42-56)77-44-78(65-27-19-18-26-64(65)77)69-59(49-32-51(71(4,5)6)38-52(33-49)72(7,8)9)36-48(46-22-14-11-15-23-46)37-60(69)68-61(74)40-53(73)41-62(68)75;/h10-41,44H,1-9H3;/q-3;. The number of rotatable bonds is 9. The van der Waals surface area contributed by atoms with Crippen LogP contribution in [0.2, 0.25) is 0 Å². The van der Waals surface area contributed by atoms with Crippen LogP contribution in [0.1, 0.15) is 79.0 Å². The summed E-state index contributed by atoms with van der Waals surface area (Å²) in [7, 11) is 0. The van der Waals surface area contributed by atoms with Gasteiger partial charge in [-0.2, -0.15) is 6.07 Å². The zero-order valence-corrected chi connectivity index (χ0v) is 49.0. The number of aromatic nitrogens is 2. The smallest absolute Gasteiger partial charge is 0.136 e. The van der Waals surface area contributed by atoms with Crippen LogP contribution in [-0.4, -0.2) is 9.55 Å². The van der Waals surface area contributed by atoms with Gasteiger partial charge in [-0.05, 0) is 103 Å². The van der Waals surface area contributed by atoms with Gasteiger partial charge in [0, 0.05) is 84.6 Å². The van der Waals surface area contributed by atoms with Crippen LogP contribution in [0.15, 0.2) is 194 Å². The molecule has 0 unspecified atom stereocenters. The molecule has 12 rings (SSSR count). The molecule has 81 heavy (non-hydrogen) atoms. The van der Waals surface area contributed by atoms with Crippen molar-refractivity contribution in [3.8, 4) is 61.8 Å². The summed E-state index contributed by atoms with van der Waals surface area (Å²) in [6.07, 6.45) is 1.87. The summed E-state index contributed by atoms with van der Waals surface area (Å²) >= 11 is 0. The zero-order chi connectivity index (χ0) is 55.8. The fraction of sp³-hybridized carbons (Fsp3) is 0.167. The van der Waals surface area contributed by atoms with Crippen molar-refractivity contribution in [1.29, 1.82) is 0 Å². The molecule has 5 nitrogen and oxygen atoms in total. The molecule has 1 aliphatic rings. The molecule has 1 aliphatic heterocycles. The van der Waals surface area contributed by atoms with Crippen molar-refractivity contribution in [2.45, 2.75) is 78.6 Å². The van der Waals surface area contributed by atoms with E-state index in [0.29, 0.717) is 22.9 Å². The van der Waals surface area contributed by atoms with E-state index >= 15 is 13.2 Å². The number of halogens is 3. The third kappa shape index (κ3) is 10.5. The van der Waals surface area contributed by atoms with Crippen molar-refractivity contribution < 1.29 is 39.0 Å². The maximum atomic E-state index is 16.8. The number of ether oxygens (including phenoxy) is 1. The Morgan fingerprint density at radius 1 is 0.469 bits per heavy atom. The van der Waals surface area contributed by atoms with Gasteiger partial charge in [-0.15, -0.1) is 53.6 Å². The number of pyridine rings is 1. The van der Waals surface area contributed by atoms with Gasteiger partial charge < -0.3 is 19.1 Å². The molecule has 0 atom stereocenters. The van der Waals surface area contributed by atoms with E-state index in [1.54, 1.807) is 0 Å². The Hall–Kier alpha value is -8.19. The number of fused-ring (bicyclic) bond motifs is 4. The second-order valence-electron chi connectivity index (χ2n) is 23.9. The van der Waals surface area contributed by atoms with Crippen LogP contribution in [0.3, 0.4) is 0 Å². The molecule has 0 N–H and O–H groups in total. The molecule has 0 amide bonds. The van der Waals surface area contributed by atoms with Crippen molar-refractivity contribution in [2.24, 2.45) is 0 Å². The summed E-state index contributed by atoms with van der Waals surface area (Å²) in [5.41, 5.74) is 12.2. The first-order chi connectivity index (χ1) is 38.3. The number of anilines is 4. The van der Waals surface area contributed by atoms with Gasteiger partial charge in [-0.3, -0.25) is 0 Å². The molecule has 11 aromatic rings. The predicted octanol–water partition coefficient (Wildman–Crippen LogP) is 20.0. The van der Waals surface area contributed by atoms with Crippen LogP contribution in [-0.2, 0) is 37.3 Å². The van der Waals surface area contributed by atoms with Crippen molar-refractivity contribution in [3.63, 3.8) is 0 Å². The number of benzene rings is 9. The Kier molecular flexibility index (Phi) is 14.2. The Balaban J connectivity index is 0.00000690. The van der Waals surface area contributed by atoms with Gasteiger partial charge in [0.05, 0.1) is 5.56 Å². The van der Waals surface area contributed by atoms with E-state index < -0.39 is 17.5 Å². The minimum Gasteiger partial charge on any atom is -0.509 e. The van der Waals surface area contributed by atoms with E-state index in [0.717, 1.165) is 101 Å². The normalized spacial score (nSPS) is 12.7. The predicted molar refractivity (Wildman–Crippen MR) is 322 cm³/mol. The van der Waals surface area contributed by atoms with E-state index in [-0.39, 0.29) is 48.4 Å². The fourth-order valence-electron chi connectivity index (χ4n) is 10.8. The molecule has 3 heterocycles. The van der Waals surface area contributed by atoms with E-state index in [1.807, 2.05) is 126 Å². The molecule has 0 spiro atoms. The summed E-state index contributed by atoms with van der Waals surface area (Å²) in [4.78, 5) is 8.93. The molecule has 0 radical (unpaired) electrons. The molecule has 0 saturated heterocycles. The number of nitrogens with zero attached hydrogens (tertiary/aromatic N) is 4. The van der Waals surface area contributed by atoms with Crippen molar-refractivity contribution in [2.75, 3.05) is 9.80 Å². The third-order valence-electron chi connectivity index (χ3n) is 15.2. The minimum atomic E-state index is -1.01. The average Bonchev–Trinajstić information content (AvgIpc) is 4.25. The number of para-hydroxylation sites is 3. The van der Waals surface area contributed by atoms with Gasteiger partial charge in [-0.1, -0.05) is 177 Å². The molecule has 9 heteroatoms. The molecule has 9 aromatic carbocycles. The largest absolute Gasteiger partial charge is 0.509 e.